The maximum atomic E-state index is 13.7. The molecule has 96 valence electrons. The molecule has 1 aromatic rings. The third-order valence-corrected chi connectivity index (χ3v) is 4.87. The first-order chi connectivity index (χ1) is 7.71. The van der Waals surface area contributed by atoms with Crippen molar-refractivity contribution in [1.82, 2.24) is 0 Å². The molecule has 0 radical (unpaired) electrons. The summed E-state index contributed by atoms with van der Waals surface area (Å²) in [4.78, 5) is 0.171. The lowest BCUT2D eigenvalue weighted by atomic mass is 9.99. The van der Waals surface area contributed by atoms with E-state index < -0.39 is 27.4 Å². The molecule has 0 aliphatic rings. The number of rotatable bonds is 4. The van der Waals surface area contributed by atoms with Gasteiger partial charge in [-0.2, -0.15) is 0 Å². The van der Waals surface area contributed by atoms with E-state index in [4.69, 9.17) is 5.11 Å². The Morgan fingerprint density at radius 2 is 1.76 bits per heavy atom. The van der Waals surface area contributed by atoms with Crippen LogP contribution in [0, 0.1) is 0 Å². The first-order valence-corrected chi connectivity index (χ1v) is 6.90. The zero-order valence-electron chi connectivity index (χ0n) is 10.1. The van der Waals surface area contributed by atoms with Crippen molar-refractivity contribution < 1.29 is 17.9 Å². The van der Waals surface area contributed by atoms with Gasteiger partial charge in [-0.1, -0.05) is 12.1 Å². The molecule has 0 saturated carbocycles. The van der Waals surface area contributed by atoms with E-state index >= 15 is 0 Å². The minimum atomic E-state index is -3.33. The molecule has 0 aliphatic carbocycles. The van der Waals surface area contributed by atoms with Gasteiger partial charge in [-0.05, 0) is 38.5 Å². The molecular weight excluding hydrogens is 243 g/mol. The molecular formula is C12H17FO3S. The Balaban J connectivity index is 3.14. The average Bonchev–Trinajstić information content (AvgIpc) is 2.29. The maximum absolute atomic E-state index is 13.7. The summed E-state index contributed by atoms with van der Waals surface area (Å²) in [5.74, 6) is 0. The van der Waals surface area contributed by atoms with Gasteiger partial charge in [0.05, 0.1) is 16.8 Å². The molecule has 0 bridgehead atoms. The van der Waals surface area contributed by atoms with Crippen molar-refractivity contribution in [2.45, 2.75) is 36.6 Å². The van der Waals surface area contributed by atoms with Gasteiger partial charge in [0.2, 0.25) is 0 Å². The van der Waals surface area contributed by atoms with E-state index in [0.717, 1.165) is 0 Å². The van der Waals surface area contributed by atoms with Crippen molar-refractivity contribution in [2.75, 3.05) is 6.61 Å². The molecule has 0 aromatic heterocycles. The van der Waals surface area contributed by atoms with Crippen LogP contribution in [-0.2, 0) is 15.5 Å². The first kappa shape index (κ1) is 14.1. The predicted octanol–water partition coefficient (Wildman–Crippen LogP) is 2.05. The maximum Gasteiger partial charge on any atom is 0.180 e. The second kappa shape index (κ2) is 4.74. The van der Waals surface area contributed by atoms with Gasteiger partial charge in [0, 0.05) is 0 Å². The van der Waals surface area contributed by atoms with Crippen LogP contribution in [0.4, 0.5) is 4.39 Å². The van der Waals surface area contributed by atoms with Crippen LogP contribution in [-0.4, -0.2) is 25.4 Å². The first-order valence-electron chi connectivity index (χ1n) is 5.36. The molecule has 0 amide bonds. The number of hydrogen-bond acceptors (Lipinski definition) is 3. The van der Waals surface area contributed by atoms with Gasteiger partial charge in [0.15, 0.2) is 15.5 Å². The summed E-state index contributed by atoms with van der Waals surface area (Å²) in [6.45, 7) is 3.80. The van der Waals surface area contributed by atoms with Crippen LogP contribution in [0.25, 0.3) is 0 Å². The molecule has 3 nitrogen and oxygen atoms in total. The van der Waals surface area contributed by atoms with Gasteiger partial charge < -0.3 is 5.11 Å². The molecule has 0 saturated heterocycles. The van der Waals surface area contributed by atoms with E-state index in [0.29, 0.717) is 0 Å². The number of halogens is 1. The van der Waals surface area contributed by atoms with Crippen LogP contribution in [0.2, 0.25) is 0 Å². The summed E-state index contributed by atoms with van der Waals surface area (Å²) in [5, 5.41) is 8.36. The summed E-state index contributed by atoms with van der Waals surface area (Å²) in [6.07, 6.45) is 0. The molecule has 5 heteroatoms. The molecule has 1 rings (SSSR count). The van der Waals surface area contributed by atoms with E-state index in [-0.39, 0.29) is 10.5 Å². The fraction of sp³-hybridized carbons (Fsp3) is 0.500. The summed E-state index contributed by atoms with van der Waals surface area (Å²) in [6, 6.07) is 5.53. The molecule has 1 unspecified atom stereocenters. The zero-order valence-corrected chi connectivity index (χ0v) is 11.0. The van der Waals surface area contributed by atoms with E-state index in [1.807, 2.05) is 0 Å². The van der Waals surface area contributed by atoms with E-state index in [1.165, 1.54) is 31.2 Å². The van der Waals surface area contributed by atoms with Crippen molar-refractivity contribution >= 4 is 9.84 Å². The van der Waals surface area contributed by atoms with Crippen LogP contribution in [0.5, 0.6) is 0 Å². The minimum Gasteiger partial charge on any atom is -0.393 e. The van der Waals surface area contributed by atoms with Crippen molar-refractivity contribution in [3.8, 4) is 0 Å². The second-order valence-electron chi connectivity index (χ2n) is 4.47. The van der Waals surface area contributed by atoms with Crippen molar-refractivity contribution in [3.63, 3.8) is 0 Å². The zero-order chi connectivity index (χ0) is 13.3. The Kier molecular flexibility index (Phi) is 3.94. The lowest BCUT2D eigenvalue weighted by molar-refractivity contribution is 0.0867. The largest absolute Gasteiger partial charge is 0.393 e. The van der Waals surface area contributed by atoms with Crippen LogP contribution in [0.3, 0.4) is 0 Å². The molecule has 17 heavy (non-hydrogen) atoms. The number of aliphatic hydroxyl groups is 1. The lowest BCUT2D eigenvalue weighted by Crippen LogP contribution is -2.20. The van der Waals surface area contributed by atoms with Crippen LogP contribution in [0.1, 0.15) is 26.3 Å². The SMILES string of the molecule is CC(C)S(=O)(=O)c1ccc(C(C)(F)CO)cc1. The summed E-state index contributed by atoms with van der Waals surface area (Å²) >= 11 is 0. The highest BCUT2D eigenvalue weighted by molar-refractivity contribution is 7.92. The molecule has 0 heterocycles. The Bertz CT molecular complexity index is 475. The summed E-state index contributed by atoms with van der Waals surface area (Å²) < 4.78 is 37.4. The van der Waals surface area contributed by atoms with E-state index in [2.05, 4.69) is 0 Å². The Hall–Kier alpha value is -0.940. The Morgan fingerprint density at radius 1 is 1.29 bits per heavy atom. The lowest BCUT2D eigenvalue weighted by Gasteiger charge is -2.18. The highest BCUT2D eigenvalue weighted by Gasteiger charge is 2.26. The number of benzene rings is 1. The number of alkyl halides is 1. The molecule has 1 N–H and O–H groups in total. The van der Waals surface area contributed by atoms with Crippen LogP contribution >= 0.6 is 0 Å². The number of sulfone groups is 1. The number of hydrogen-bond donors (Lipinski definition) is 1. The monoisotopic (exact) mass is 260 g/mol. The summed E-state index contributed by atoms with van der Waals surface area (Å²) in [5.41, 5.74) is -1.58. The van der Waals surface area contributed by atoms with Gasteiger partial charge in [-0.25, -0.2) is 12.8 Å². The fourth-order valence-electron chi connectivity index (χ4n) is 1.36. The normalized spacial score (nSPS) is 15.9. The minimum absolute atomic E-state index is 0.171. The molecule has 0 fully saturated rings. The van der Waals surface area contributed by atoms with Gasteiger partial charge in [0.1, 0.15) is 0 Å². The molecule has 0 spiro atoms. The smallest absolute Gasteiger partial charge is 0.180 e. The van der Waals surface area contributed by atoms with E-state index in [9.17, 15) is 12.8 Å². The summed E-state index contributed by atoms with van der Waals surface area (Å²) in [7, 11) is -3.33. The van der Waals surface area contributed by atoms with Crippen molar-refractivity contribution in [2.24, 2.45) is 0 Å². The fourth-order valence-corrected chi connectivity index (χ4v) is 2.42. The van der Waals surface area contributed by atoms with Gasteiger partial charge in [-0.15, -0.1) is 0 Å². The van der Waals surface area contributed by atoms with Gasteiger partial charge in [0.25, 0.3) is 0 Å². The van der Waals surface area contributed by atoms with Crippen molar-refractivity contribution in [3.05, 3.63) is 29.8 Å². The third-order valence-electron chi connectivity index (χ3n) is 2.70. The highest BCUT2D eigenvalue weighted by atomic mass is 32.2. The second-order valence-corrected chi connectivity index (χ2v) is 6.98. The predicted molar refractivity (Wildman–Crippen MR) is 64.3 cm³/mol. The average molecular weight is 260 g/mol. The molecule has 1 aromatic carbocycles. The number of aliphatic hydroxyl groups excluding tert-OH is 1. The highest BCUT2D eigenvalue weighted by Crippen LogP contribution is 2.26. The standard InChI is InChI=1S/C12H17FO3S/c1-9(2)17(15,16)11-6-4-10(5-7-11)12(3,13)8-14/h4-7,9,14H,8H2,1-3H3. The van der Waals surface area contributed by atoms with Gasteiger partial charge >= 0.3 is 0 Å². The third kappa shape index (κ3) is 2.84. The Labute approximate surface area is 101 Å². The quantitative estimate of drug-likeness (QED) is 0.901. The molecule has 1 atom stereocenters. The molecule has 0 aliphatic heterocycles. The topological polar surface area (TPSA) is 54.4 Å². The van der Waals surface area contributed by atoms with Crippen LogP contribution in [0.15, 0.2) is 29.2 Å². The Morgan fingerprint density at radius 3 is 2.12 bits per heavy atom. The van der Waals surface area contributed by atoms with E-state index in [1.54, 1.807) is 13.8 Å². The van der Waals surface area contributed by atoms with Gasteiger partial charge in [-0.3, -0.25) is 0 Å². The van der Waals surface area contributed by atoms with Crippen LogP contribution < -0.4 is 0 Å². The van der Waals surface area contributed by atoms with Crippen molar-refractivity contribution in [1.29, 1.82) is 0 Å².